The topological polar surface area (TPSA) is 64.6 Å². The largest absolute Gasteiger partial charge is 0.469 e. The molecule has 0 saturated carbocycles. The van der Waals surface area contributed by atoms with Crippen LogP contribution in [0.1, 0.15) is 12.0 Å². The van der Waals surface area contributed by atoms with Gasteiger partial charge in [-0.05, 0) is 34.9 Å². The van der Waals surface area contributed by atoms with Crippen molar-refractivity contribution in [3.8, 4) is 0 Å². The van der Waals surface area contributed by atoms with Gasteiger partial charge >= 0.3 is 11.9 Å². The van der Waals surface area contributed by atoms with Gasteiger partial charge in [0.1, 0.15) is 6.04 Å². The van der Waals surface area contributed by atoms with Gasteiger partial charge in [0.05, 0.1) is 20.1 Å². The van der Waals surface area contributed by atoms with Crippen molar-refractivity contribution in [2.24, 2.45) is 5.92 Å². The number of fused-ring (bicyclic) bond motifs is 1. The fourth-order valence-corrected chi connectivity index (χ4v) is 3.01. The molecular weight excluding hydrogens is 306 g/mol. The zero-order valence-electron chi connectivity index (χ0n) is 13.6. The molecule has 0 bridgehead atoms. The minimum atomic E-state index is -0.536. The van der Waals surface area contributed by atoms with Crippen molar-refractivity contribution in [3.05, 3.63) is 53.7 Å². The highest BCUT2D eigenvalue weighted by atomic mass is 16.5. The molecule has 0 radical (unpaired) electrons. The Hall–Kier alpha value is -2.82. The average Bonchev–Trinajstić information content (AvgIpc) is 3.04. The Morgan fingerprint density at radius 3 is 2.46 bits per heavy atom. The number of ether oxygens (including phenoxy) is 2. The predicted octanol–water partition coefficient (Wildman–Crippen LogP) is 2.50. The van der Waals surface area contributed by atoms with Gasteiger partial charge < -0.3 is 14.8 Å². The highest BCUT2D eigenvalue weighted by Crippen LogP contribution is 2.28. The van der Waals surface area contributed by atoms with Gasteiger partial charge in [-0.2, -0.15) is 0 Å². The first kappa shape index (κ1) is 16.1. The van der Waals surface area contributed by atoms with Crippen molar-refractivity contribution >= 4 is 28.8 Å². The minimum Gasteiger partial charge on any atom is -0.469 e. The molecule has 0 unspecified atom stereocenters. The molecular formula is C19H19NO4. The van der Waals surface area contributed by atoms with Gasteiger partial charge in [0.15, 0.2) is 0 Å². The summed E-state index contributed by atoms with van der Waals surface area (Å²) in [4.78, 5) is 23.8. The maximum Gasteiger partial charge on any atom is 0.328 e. The Kier molecular flexibility index (Phi) is 4.51. The zero-order chi connectivity index (χ0) is 17.1. The summed E-state index contributed by atoms with van der Waals surface area (Å²) in [5, 5.41) is 5.35. The van der Waals surface area contributed by atoms with E-state index in [0.29, 0.717) is 12.1 Å². The molecule has 0 spiro atoms. The molecule has 1 saturated heterocycles. The fraction of sp³-hybridized carbons (Fsp3) is 0.263. The molecule has 3 rings (SSSR count). The number of hydrogen-bond acceptors (Lipinski definition) is 5. The lowest BCUT2D eigenvalue weighted by Gasteiger charge is -2.09. The molecule has 24 heavy (non-hydrogen) atoms. The van der Waals surface area contributed by atoms with E-state index >= 15 is 0 Å². The van der Waals surface area contributed by atoms with Crippen molar-refractivity contribution in [1.82, 2.24) is 5.32 Å². The van der Waals surface area contributed by atoms with Crippen molar-refractivity contribution in [2.45, 2.75) is 12.5 Å². The number of benzene rings is 2. The van der Waals surface area contributed by atoms with Crippen LogP contribution in [-0.2, 0) is 19.1 Å². The van der Waals surface area contributed by atoms with Gasteiger partial charge in [-0.25, -0.2) is 4.79 Å². The van der Waals surface area contributed by atoms with E-state index in [2.05, 4.69) is 5.32 Å². The normalized spacial score (nSPS) is 21.5. The lowest BCUT2D eigenvalue weighted by atomic mass is 10.0. The minimum absolute atomic E-state index is 0.332. The van der Waals surface area contributed by atoms with Crippen LogP contribution in [0.4, 0.5) is 0 Å². The summed E-state index contributed by atoms with van der Waals surface area (Å²) >= 11 is 0. The van der Waals surface area contributed by atoms with Crippen molar-refractivity contribution in [3.63, 3.8) is 0 Å². The van der Waals surface area contributed by atoms with E-state index in [1.807, 2.05) is 48.5 Å². The monoisotopic (exact) mass is 325 g/mol. The molecule has 1 fully saturated rings. The summed E-state index contributed by atoms with van der Waals surface area (Å²) in [5.41, 5.74) is 1.63. The van der Waals surface area contributed by atoms with E-state index in [-0.39, 0.29) is 11.9 Å². The van der Waals surface area contributed by atoms with Crippen molar-refractivity contribution in [2.75, 3.05) is 14.2 Å². The van der Waals surface area contributed by atoms with Crippen LogP contribution < -0.4 is 5.32 Å². The Morgan fingerprint density at radius 2 is 1.75 bits per heavy atom. The van der Waals surface area contributed by atoms with Gasteiger partial charge in [0, 0.05) is 5.70 Å². The zero-order valence-corrected chi connectivity index (χ0v) is 13.6. The van der Waals surface area contributed by atoms with E-state index in [0.717, 1.165) is 16.3 Å². The Morgan fingerprint density at radius 1 is 1.04 bits per heavy atom. The summed E-state index contributed by atoms with van der Waals surface area (Å²) in [6.45, 7) is 0. The van der Waals surface area contributed by atoms with Gasteiger partial charge in [0.2, 0.25) is 0 Å². The molecule has 1 aliphatic heterocycles. The Balaban J connectivity index is 1.94. The van der Waals surface area contributed by atoms with Crippen LogP contribution in [-0.4, -0.2) is 32.2 Å². The maximum absolute atomic E-state index is 12.0. The molecule has 2 aromatic carbocycles. The summed E-state index contributed by atoms with van der Waals surface area (Å²) in [7, 11) is 2.68. The quantitative estimate of drug-likeness (QED) is 0.879. The average molecular weight is 325 g/mol. The van der Waals surface area contributed by atoms with Gasteiger partial charge in [0.25, 0.3) is 0 Å². The molecule has 0 amide bonds. The van der Waals surface area contributed by atoms with Gasteiger partial charge in [-0.3, -0.25) is 4.79 Å². The summed E-state index contributed by atoms with van der Waals surface area (Å²) in [5.74, 6) is -1.24. The van der Waals surface area contributed by atoms with E-state index in [9.17, 15) is 9.59 Å². The van der Waals surface area contributed by atoms with Crippen LogP contribution in [0.3, 0.4) is 0 Å². The van der Waals surface area contributed by atoms with Crippen LogP contribution in [0.15, 0.2) is 48.2 Å². The Labute approximate surface area is 140 Å². The number of rotatable bonds is 3. The summed E-state index contributed by atoms with van der Waals surface area (Å²) in [6.07, 6.45) is 2.22. The molecule has 1 N–H and O–H groups in total. The molecule has 2 aromatic rings. The predicted molar refractivity (Wildman–Crippen MR) is 91.0 cm³/mol. The van der Waals surface area contributed by atoms with Crippen LogP contribution in [0.25, 0.3) is 16.8 Å². The highest BCUT2D eigenvalue weighted by Gasteiger charge is 2.38. The van der Waals surface area contributed by atoms with E-state index in [1.165, 1.54) is 14.2 Å². The fourth-order valence-electron chi connectivity index (χ4n) is 3.01. The van der Waals surface area contributed by atoms with Gasteiger partial charge in [-0.1, -0.05) is 36.4 Å². The third kappa shape index (κ3) is 3.11. The molecule has 2 atom stereocenters. The van der Waals surface area contributed by atoms with E-state index < -0.39 is 12.0 Å². The first-order valence-corrected chi connectivity index (χ1v) is 7.75. The number of nitrogens with one attached hydrogen (secondary N) is 1. The molecule has 5 heteroatoms. The summed E-state index contributed by atoms with van der Waals surface area (Å²) in [6, 6.07) is 13.6. The van der Waals surface area contributed by atoms with Crippen LogP contribution in [0.5, 0.6) is 0 Å². The smallest absolute Gasteiger partial charge is 0.328 e. The first-order valence-electron chi connectivity index (χ1n) is 7.75. The second kappa shape index (κ2) is 6.74. The maximum atomic E-state index is 12.0. The van der Waals surface area contributed by atoms with Crippen LogP contribution >= 0.6 is 0 Å². The van der Waals surface area contributed by atoms with Crippen LogP contribution in [0, 0.1) is 5.92 Å². The number of hydrogen-bond donors (Lipinski definition) is 1. The molecule has 124 valence electrons. The third-order valence-electron chi connectivity index (χ3n) is 4.25. The SMILES string of the molecule is COC(=O)[C@@H]1C[C@H](C(=O)OC)/C(=C/c2ccc3ccccc3c2)N1. The van der Waals surface area contributed by atoms with E-state index in [1.54, 1.807) is 0 Å². The standard InChI is InChI=1S/C19H19NO4/c1-23-18(21)15-11-17(19(22)24-2)20-16(15)10-12-7-8-13-5-3-4-6-14(13)9-12/h3-10,15,17,20H,11H2,1-2H3/b16-10-/t15-,17-/m0/s1. The second-order valence-corrected chi connectivity index (χ2v) is 5.74. The number of methoxy groups -OCH3 is 2. The lowest BCUT2D eigenvalue weighted by molar-refractivity contribution is -0.144. The molecule has 1 aliphatic rings. The van der Waals surface area contributed by atoms with Crippen molar-refractivity contribution in [1.29, 1.82) is 0 Å². The van der Waals surface area contributed by atoms with E-state index in [4.69, 9.17) is 9.47 Å². The number of carbonyl (C=O) groups is 2. The third-order valence-corrected chi connectivity index (χ3v) is 4.25. The molecule has 5 nitrogen and oxygen atoms in total. The second-order valence-electron chi connectivity index (χ2n) is 5.74. The number of esters is 2. The summed E-state index contributed by atoms with van der Waals surface area (Å²) < 4.78 is 9.63. The molecule has 1 heterocycles. The van der Waals surface area contributed by atoms with Gasteiger partial charge in [-0.15, -0.1) is 0 Å². The highest BCUT2D eigenvalue weighted by molar-refractivity contribution is 5.87. The van der Waals surface area contributed by atoms with Crippen LogP contribution in [0.2, 0.25) is 0 Å². The molecule has 0 aliphatic carbocycles. The van der Waals surface area contributed by atoms with Crippen molar-refractivity contribution < 1.29 is 19.1 Å². The Bertz CT molecular complexity index is 812. The lowest BCUT2D eigenvalue weighted by Crippen LogP contribution is -2.30. The number of carbonyl (C=O) groups excluding carboxylic acids is 2. The molecule has 0 aromatic heterocycles. The first-order chi connectivity index (χ1) is 11.6.